The molecule has 0 atom stereocenters. The molecule has 2 aromatic rings. The largest absolute Gasteiger partial charge is 0.379 e. The third-order valence-corrected chi connectivity index (χ3v) is 3.37. The van der Waals surface area contributed by atoms with Gasteiger partial charge in [0.1, 0.15) is 6.33 Å². The van der Waals surface area contributed by atoms with E-state index in [9.17, 15) is 4.79 Å². The van der Waals surface area contributed by atoms with E-state index in [0.29, 0.717) is 13.0 Å². The maximum Gasteiger partial charge on any atom is 0.227 e. The minimum atomic E-state index is 0.215. The van der Waals surface area contributed by atoms with Crippen LogP contribution in [0.4, 0.5) is 11.4 Å². The molecule has 1 aliphatic heterocycles. The molecule has 1 saturated heterocycles. The van der Waals surface area contributed by atoms with E-state index < -0.39 is 0 Å². The van der Waals surface area contributed by atoms with Gasteiger partial charge in [-0.3, -0.25) is 4.79 Å². The van der Waals surface area contributed by atoms with Crippen LogP contribution < -0.4 is 10.2 Å². The molecule has 2 heterocycles. The second-order valence-corrected chi connectivity index (χ2v) is 4.75. The highest BCUT2D eigenvalue weighted by atomic mass is 16.2. The van der Waals surface area contributed by atoms with Crippen LogP contribution in [0.15, 0.2) is 42.9 Å². The molecule has 0 radical (unpaired) electrons. The molecule has 3 rings (SSSR count). The van der Waals surface area contributed by atoms with Gasteiger partial charge in [0.05, 0.1) is 12.2 Å². The Morgan fingerprint density at radius 2 is 2.05 bits per heavy atom. The summed E-state index contributed by atoms with van der Waals surface area (Å²) in [6.45, 7) is 1.48. The van der Waals surface area contributed by atoms with Gasteiger partial charge in [0, 0.05) is 30.5 Å². The number of amides is 1. The normalized spacial score (nSPS) is 14.6. The first-order valence-corrected chi connectivity index (χ1v) is 6.72. The zero-order valence-electron chi connectivity index (χ0n) is 11.1. The average Bonchev–Trinajstić information content (AvgIpc) is 2.93. The number of hydrogen-bond donors (Lipinski definition) is 1. The van der Waals surface area contributed by atoms with Gasteiger partial charge >= 0.3 is 0 Å². The Kier molecular flexibility index (Phi) is 3.58. The van der Waals surface area contributed by atoms with E-state index in [1.807, 2.05) is 35.2 Å². The maximum absolute atomic E-state index is 11.7. The van der Waals surface area contributed by atoms with Gasteiger partial charge in [-0.1, -0.05) is 0 Å². The van der Waals surface area contributed by atoms with Crippen molar-refractivity contribution in [2.24, 2.45) is 0 Å². The molecule has 1 aliphatic rings. The monoisotopic (exact) mass is 268 g/mol. The Morgan fingerprint density at radius 3 is 2.70 bits per heavy atom. The van der Waals surface area contributed by atoms with Crippen molar-refractivity contribution in [3.8, 4) is 0 Å². The van der Waals surface area contributed by atoms with Crippen LogP contribution in [-0.2, 0) is 11.3 Å². The highest BCUT2D eigenvalue weighted by Crippen LogP contribution is 2.23. The maximum atomic E-state index is 11.7. The van der Waals surface area contributed by atoms with Crippen LogP contribution in [0.2, 0.25) is 0 Å². The van der Waals surface area contributed by atoms with Crippen molar-refractivity contribution in [3.63, 3.8) is 0 Å². The van der Waals surface area contributed by atoms with Crippen molar-refractivity contribution in [1.29, 1.82) is 0 Å². The first-order valence-electron chi connectivity index (χ1n) is 6.72. The summed E-state index contributed by atoms with van der Waals surface area (Å²) in [7, 11) is 0. The van der Waals surface area contributed by atoms with Crippen LogP contribution >= 0.6 is 0 Å². The Balaban J connectivity index is 1.63. The van der Waals surface area contributed by atoms with Crippen LogP contribution in [0, 0.1) is 0 Å². The molecule has 0 saturated carbocycles. The molecule has 1 aromatic heterocycles. The van der Waals surface area contributed by atoms with Crippen molar-refractivity contribution in [1.82, 2.24) is 9.97 Å². The number of nitrogens with one attached hydrogen (secondary N) is 1. The average molecular weight is 268 g/mol. The first kappa shape index (κ1) is 12.6. The minimum Gasteiger partial charge on any atom is -0.379 e. The van der Waals surface area contributed by atoms with E-state index in [2.05, 4.69) is 15.3 Å². The summed E-state index contributed by atoms with van der Waals surface area (Å²) in [5.41, 5.74) is 2.93. The fraction of sp³-hybridized carbons (Fsp3) is 0.267. The predicted octanol–water partition coefficient (Wildman–Crippen LogP) is 2.22. The van der Waals surface area contributed by atoms with Gasteiger partial charge in [0.2, 0.25) is 5.91 Å². The third kappa shape index (κ3) is 2.77. The van der Waals surface area contributed by atoms with Gasteiger partial charge in [0.15, 0.2) is 0 Å². The number of anilines is 2. The zero-order chi connectivity index (χ0) is 13.8. The van der Waals surface area contributed by atoms with Gasteiger partial charge in [-0.15, -0.1) is 0 Å². The molecule has 20 heavy (non-hydrogen) atoms. The summed E-state index contributed by atoms with van der Waals surface area (Å²) >= 11 is 0. The van der Waals surface area contributed by atoms with Crippen molar-refractivity contribution in [2.75, 3.05) is 16.8 Å². The van der Waals surface area contributed by atoms with Crippen LogP contribution in [0.5, 0.6) is 0 Å². The SMILES string of the molecule is O=C1CCCN1c1ccc(NCc2ccncn2)cc1. The van der Waals surface area contributed by atoms with Gasteiger partial charge < -0.3 is 10.2 Å². The van der Waals surface area contributed by atoms with Crippen molar-refractivity contribution in [2.45, 2.75) is 19.4 Å². The smallest absolute Gasteiger partial charge is 0.227 e. The number of carbonyl (C=O) groups is 1. The number of nitrogens with zero attached hydrogens (tertiary/aromatic N) is 3. The highest BCUT2D eigenvalue weighted by Gasteiger charge is 2.21. The molecule has 1 amide bonds. The van der Waals surface area contributed by atoms with Crippen LogP contribution in [-0.4, -0.2) is 22.4 Å². The zero-order valence-corrected chi connectivity index (χ0v) is 11.1. The predicted molar refractivity (Wildman–Crippen MR) is 77.4 cm³/mol. The third-order valence-electron chi connectivity index (χ3n) is 3.37. The second-order valence-electron chi connectivity index (χ2n) is 4.75. The minimum absolute atomic E-state index is 0.215. The standard InChI is InChI=1S/C15H16N4O/c20-15-2-1-9-19(15)14-5-3-12(4-6-14)17-10-13-7-8-16-11-18-13/h3-8,11,17H,1-2,9-10H2. The second kappa shape index (κ2) is 5.69. The van der Waals surface area contributed by atoms with E-state index in [0.717, 1.165) is 30.0 Å². The first-order chi connectivity index (χ1) is 9.83. The fourth-order valence-electron chi connectivity index (χ4n) is 2.30. The van der Waals surface area contributed by atoms with Crippen LogP contribution in [0.3, 0.4) is 0 Å². The number of rotatable bonds is 4. The molecule has 0 spiro atoms. The molecule has 1 aromatic carbocycles. The number of carbonyl (C=O) groups excluding carboxylic acids is 1. The summed E-state index contributed by atoms with van der Waals surface area (Å²) in [5, 5.41) is 3.30. The van der Waals surface area contributed by atoms with Gasteiger partial charge in [-0.2, -0.15) is 0 Å². The molecule has 0 bridgehead atoms. The van der Waals surface area contributed by atoms with Crippen LogP contribution in [0.1, 0.15) is 18.5 Å². The lowest BCUT2D eigenvalue weighted by Gasteiger charge is -2.16. The lowest BCUT2D eigenvalue weighted by atomic mass is 10.2. The molecule has 0 unspecified atom stereocenters. The molecule has 1 fully saturated rings. The topological polar surface area (TPSA) is 58.1 Å². The lowest BCUT2D eigenvalue weighted by molar-refractivity contribution is -0.117. The Hall–Kier alpha value is -2.43. The van der Waals surface area contributed by atoms with E-state index in [-0.39, 0.29) is 5.91 Å². The molecule has 1 N–H and O–H groups in total. The van der Waals surface area contributed by atoms with E-state index in [1.165, 1.54) is 0 Å². The Labute approximate surface area is 117 Å². The Bertz CT molecular complexity index is 583. The number of aromatic nitrogens is 2. The van der Waals surface area contributed by atoms with Crippen LogP contribution in [0.25, 0.3) is 0 Å². The Morgan fingerprint density at radius 1 is 1.20 bits per heavy atom. The van der Waals surface area contributed by atoms with Crippen molar-refractivity contribution in [3.05, 3.63) is 48.5 Å². The van der Waals surface area contributed by atoms with E-state index in [4.69, 9.17) is 0 Å². The quantitative estimate of drug-likeness (QED) is 0.923. The summed E-state index contributed by atoms with van der Waals surface area (Å²) in [5.74, 6) is 0.215. The molecule has 5 nitrogen and oxygen atoms in total. The lowest BCUT2D eigenvalue weighted by Crippen LogP contribution is -2.23. The number of hydrogen-bond acceptors (Lipinski definition) is 4. The molecule has 0 aliphatic carbocycles. The van der Waals surface area contributed by atoms with Gasteiger partial charge in [0.25, 0.3) is 0 Å². The number of benzene rings is 1. The summed E-state index contributed by atoms with van der Waals surface area (Å²) in [6, 6.07) is 9.81. The summed E-state index contributed by atoms with van der Waals surface area (Å²) in [4.78, 5) is 21.6. The van der Waals surface area contributed by atoms with Crippen molar-refractivity contribution < 1.29 is 4.79 Å². The van der Waals surface area contributed by atoms with E-state index >= 15 is 0 Å². The molecule has 5 heteroatoms. The van der Waals surface area contributed by atoms with Gasteiger partial charge in [-0.25, -0.2) is 9.97 Å². The van der Waals surface area contributed by atoms with Gasteiger partial charge in [-0.05, 0) is 36.8 Å². The van der Waals surface area contributed by atoms with Crippen molar-refractivity contribution >= 4 is 17.3 Å². The van der Waals surface area contributed by atoms with E-state index in [1.54, 1.807) is 12.5 Å². The summed E-state index contributed by atoms with van der Waals surface area (Å²) < 4.78 is 0. The fourth-order valence-corrected chi connectivity index (χ4v) is 2.30. The summed E-state index contributed by atoms with van der Waals surface area (Å²) in [6.07, 6.45) is 4.88. The molecule has 102 valence electrons. The molecular weight excluding hydrogens is 252 g/mol. The highest BCUT2D eigenvalue weighted by molar-refractivity contribution is 5.95. The molecular formula is C15H16N4O.